The zero-order valence-corrected chi connectivity index (χ0v) is 11.0. The van der Waals surface area contributed by atoms with Crippen LogP contribution in [0.15, 0.2) is 28.7 Å². The van der Waals surface area contributed by atoms with Crippen molar-refractivity contribution in [1.82, 2.24) is 4.90 Å². The first kappa shape index (κ1) is 11.8. The quantitative estimate of drug-likeness (QED) is 0.794. The molecule has 0 N–H and O–H groups in total. The van der Waals surface area contributed by atoms with E-state index < -0.39 is 0 Å². The zero-order chi connectivity index (χ0) is 11.5. The van der Waals surface area contributed by atoms with Gasteiger partial charge in [0.05, 0.1) is 6.54 Å². The van der Waals surface area contributed by atoms with Gasteiger partial charge in [0, 0.05) is 16.1 Å². The van der Waals surface area contributed by atoms with Gasteiger partial charge in [-0.25, -0.2) is 0 Å². The summed E-state index contributed by atoms with van der Waals surface area (Å²) in [5.74, 6) is 0.209. The summed E-state index contributed by atoms with van der Waals surface area (Å²) in [6.45, 7) is 3.79. The van der Waals surface area contributed by atoms with Crippen molar-refractivity contribution in [2.75, 3.05) is 13.1 Å². The first-order chi connectivity index (χ1) is 7.68. The molecule has 1 aliphatic heterocycles. The van der Waals surface area contributed by atoms with E-state index >= 15 is 0 Å². The van der Waals surface area contributed by atoms with E-state index in [2.05, 4.69) is 27.8 Å². The van der Waals surface area contributed by atoms with E-state index in [-0.39, 0.29) is 5.78 Å². The molecule has 0 spiro atoms. The number of ketones is 1. The van der Waals surface area contributed by atoms with Crippen LogP contribution in [0.5, 0.6) is 0 Å². The molecule has 2 rings (SSSR count). The number of carbonyl (C=O) groups excluding carboxylic acids is 1. The molecular weight excluding hydrogens is 266 g/mol. The number of hydrogen-bond donors (Lipinski definition) is 0. The number of likely N-dealkylation sites (tertiary alicyclic amines) is 1. The Kier molecular flexibility index (Phi) is 3.77. The zero-order valence-electron chi connectivity index (χ0n) is 9.45. The maximum absolute atomic E-state index is 12.1. The fourth-order valence-electron chi connectivity index (χ4n) is 2.18. The Bertz CT molecular complexity index is 391. The largest absolute Gasteiger partial charge is 0.293 e. The predicted octanol–water partition coefficient (Wildman–Crippen LogP) is 3.12. The van der Waals surface area contributed by atoms with Crippen LogP contribution in [0.4, 0.5) is 0 Å². The van der Waals surface area contributed by atoms with Crippen LogP contribution < -0.4 is 0 Å². The molecule has 1 aromatic carbocycles. The molecule has 1 fully saturated rings. The van der Waals surface area contributed by atoms with Crippen molar-refractivity contribution < 1.29 is 4.79 Å². The van der Waals surface area contributed by atoms with Gasteiger partial charge in [0.1, 0.15) is 0 Å². The summed E-state index contributed by atoms with van der Waals surface area (Å²) < 4.78 is 0.895. The van der Waals surface area contributed by atoms with Gasteiger partial charge in [0.2, 0.25) is 0 Å². The molecule has 0 bridgehead atoms. The molecule has 1 aliphatic rings. The minimum absolute atomic E-state index is 0.209. The van der Waals surface area contributed by atoms with Crippen LogP contribution in [-0.2, 0) is 0 Å². The highest BCUT2D eigenvalue weighted by Crippen LogP contribution is 2.20. The second-order valence-electron chi connectivity index (χ2n) is 4.36. The molecule has 1 saturated heterocycles. The lowest BCUT2D eigenvalue weighted by atomic mass is 10.1. The Morgan fingerprint density at radius 1 is 1.50 bits per heavy atom. The smallest absolute Gasteiger partial charge is 0.177 e. The summed E-state index contributed by atoms with van der Waals surface area (Å²) in [7, 11) is 0. The van der Waals surface area contributed by atoms with E-state index in [0.29, 0.717) is 12.6 Å². The van der Waals surface area contributed by atoms with Gasteiger partial charge in [-0.15, -0.1) is 0 Å². The Balaban J connectivity index is 2.06. The first-order valence-corrected chi connectivity index (χ1v) is 6.49. The highest BCUT2D eigenvalue weighted by atomic mass is 79.9. The van der Waals surface area contributed by atoms with Crippen molar-refractivity contribution in [2.45, 2.75) is 25.8 Å². The molecule has 0 aromatic heterocycles. The molecule has 1 atom stereocenters. The molecule has 2 nitrogen and oxygen atoms in total. The first-order valence-electron chi connectivity index (χ1n) is 5.70. The summed E-state index contributed by atoms with van der Waals surface area (Å²) in [6, 6.07) is 8.19. The van der Waals surface area contributed by atoms with Crippen molar-refractivity contribution in [3.05, 3.63) is 34.3 Å². The predicted molar refractivity (Wildman–Crippen MR) is 68.7 cm³/mol. The molecule has 3 heteroatoms. The number of nitrogens with zero attached hydrogens (tertiary/aromatic N) is 1. The normalized spacial score (nSPS) is 21.2. The standard InChI is InChI=1S/C13H16BrNO/c1-10-5-4-8-15(10)9-13(16)11-6-2-3-7-12(11)14/h2-3,6-7,10H,4-5,8-9H2,1H3. The summed E-state index contributed by atoms with van der Waals surface area (Å²) >= 11 is 3.42. The van der Waals surface area contributed by atoms with E-state index in [0.717, 1.165) is 16.6 Å². The maximum Gasteiger partial charge on any atom is 0.177 e. The van der Waals surface area contributed by atoms with Crippen LogP contribution >= 0.6 is 15.9 Å². The molecule has 16 heavy (non-hydrogen) atoms. The van der Waals surface area contributed by atoms with Crippen LogP contribution in [0.1, 0.15) is 30.1 Å². The number of benzene rings is 1. The second kappa shape index (κ2) is 5.11. The van der Waals surface area contributed by atoms with Crippen molar-refractivity contribution in [3.8, 4) is 0 Å². The van der Waals surface area contributed by atoms with Gasteiger partial charge < -0.3 is 0 Å². The van der Waals surface area contributed by atoms with Crippen molar-refractivity contribution in [2.24, 2.45) is 0 Å². The Labute approximate surface area is 105 Å². The van der Waals surface area contributed by atoms with Gasteiger partial charge in [-0.1, -0.05) is 34.1 Å². The second-order valence-corrected chi connectivity index (χ2v) is 5.22. The molecule has 0 radical (unpaired) electrons. The number of halogens is 1. The monoisotopic (exact) mass is 281 g/mol. The van der Waals surface area contributed by atoms with Crippen molar-refractivity contribution in [1.29, 1.82) is 0 Å². The number of Topliss-reactive ketones (excluding diaryl/α,β-unsaturated/α-hetero) is 1. The molecule has 0 aliphatic carbocycles. The number of hydrogen-bond acceptors (Lipinski definition) is 2. The van der Waals surface area contributed by atoms with Gasteiger partial charge in [-0.2, -0.15) is 0 Å². The topological polar surface area (TPSA) is 20.3 Å². The van der Waals surface area contributed by atoms with Crippen LogP contribution in [-0.4, -0.2) is 29.8 Å². The fraction of sp³-hybridized carbons (Fsp3) is 0.462. The minimum Gasteiger partial charge on any atom is -0.293 e. The number of rotatable bonds is 3. The van der Waals surface area contributed by atoms with Crippen molar-refractivity contribution in [3.63, 3.8) is 0 Å². The number of carbonyl (C=O) groups is 1. The van der Waals surface area contributed by atoms with E-state index in [1.165, 1.54) is 12.8 Å². The fourth-order valence-corrected chi connectivity index (χ4v) is 2.69. The molecule has 86 valence electrons. The van der Waals surface area contributed by atoms with Crippen LogP contribution in [0.3, 0.4) is 0 Å². The summed E-state index contributed by atoms with van der Waals surface area (Å²) in [5.41, 5.74) is 0.793. The van der Waals surface area contributed by atoms with Crippen LogP contribution in [0.2, 0.25) is 0 Å². The third-order valence-electron chi connectivity index (χ3n) is 3.21. The van der Waals surface area contributed by atoms with Gasteiger partial charge >= 0.3 is 0 Å². The lowest BCUT2D eigenvalue weighted by Gasteiger charge is -2.20. The summed E-state index contributed by atoms with van der Waals surface area (Å²) in [5, 5.41) is 0. The van der Waals surface area contributed by atoms with E-state index in [4.69, 9.17) is 0 Å². The molecule has 1 unspecified atom stereocenters. The third-order valence-corrected chi connectivity index (χ3v) is 3.90. The molecular formula is C13H16BrNO. The Morgan fingerprint density at radius 2 is 2.25 bits per heavy atom. The van der Waals surface area contributed by atoms with Crippen LogP contribution in [0.25, 0.3) is 0 Å². The lowest BCUT2D eigenvalue weighted by molar-refractivity contribution is 0.0925. The molecule has 1 heterocycles. The SMILES string of the molecule is CC1CCCN1CC(=O)c1ccccc1Br. The summed E-state index contributed by atoms with van der Waals surface area (Å²) in [4.78, 5) is 14.4. The molecule has 0 saturated carbocycles. The van der Waals surface area contributed by atoms with Gasteiger partial charge in [0.15, 0.2) is 5.78 Å². The molecule has 0 amide bonds. The minimum atomic E-state index is 0.209. The maximum atomic E-state index is 12.1. The Hall–Kier alpha value is -0.670. The lowest BCUT2D eigenvalue weighted by Crippen LogP contribution is -2.32. The Morgan fingerprint density at radius 3 is 2.88 bits per heavy atom. The average molecular weight is 282 g/mol. The van der Waals surface area contributed by atoms with Gasteiger partial charge in [0.25, 0.3) is 0 Å². The van der Waals surface area contributed by atoms with E-state index in [9.17, 15) is 4.79 Å². The third kappa shape index (κ3) is 2.53. The average Bonchev–Trinajstić information content (AvgIpc) is 2.65. The van der Waals surface area contributed by atoms with Crippen molar-refractivity contribution >= 4 is 21.7 Å². The van der Waals surface area contributed by atoms with Crippen LogP contribution in [0, 0.1) is 0 Å². The summed E-state index contributed by atoms with van der Waals surface area (Å²) in [6.07, 6.45) is 2.42. The van der Waals surface area contributed by atoms with Gasteiger partial charge in [-0.05, 0) is 32.4 Å². The van der Waals surface area contributed by atoms with E-state index in [1.54, 1.807) is 0 Å². The van der Waals surface area contributed by atoms with Gasteiger partial charge in [-0.3, -0.25) is 9.69 Å². The highest BCUT2D eigenvalue weighted by Gasteiger charge is 2.23. The molecule has 1 aromatic rings. The highest BCUT2D eigenvalue weighted by molar-refractivity contribution is 9.10. The van der Waals surface area contributed by atoms with E-state index in [1.807, 2.05) is 24.3 Å².